The Hall–Kier alpha value is -2.19. The Balaban J connectivity index is 0.00000192. The molecule has 1 fully saturated rings. The summed E-state index contributed by atoms with van der Waals surface area (Å²) in [6, 6.07) is 5.32. The normalized spacial score (nSPS) is 13.3. The van der Waals surface area contributed by atoms with Gasteiger partial charge >= 0.3 is 0 Å². The number of aromatic nitrogens is 4. The molecule has 0 radical (unpaired) electrons. The first kappa shape index (κ1) is 17.2. The van der Waals surface area contributed by atoms with Crippen molar-refractivity contribution in [1.29, 1.82) is 0 Å². The molecule has 0 bridgehead atoms. The molecular weight excluding hydrogens is 320 g/mol. The van der Waals surface area contributed by atoms with E-state index in [9.17, 15) is 4.79 Å². The van der Waals surface area contributed by atoms with Gasteiger partial charge in [-0.3, -0.25) is 4.79 Å². The summed E-state index contributed by atoms with van der Waals surface area (Å²) in [5.41, 5.74) is 1.33. The third-order valence-corrected chi connectivity index (χ3v) is 3.47. The number of rotatable bonds is 7. The number of amides is 1. The van der Waals surface area contributed by atoms with Crippen LogP contribution in [0.3, 0.4) is 0 Å². The highest BCUT2D eigenvalue weighted by Crippen LogP contribution is 2.27. The van der Waals surface area contributed by atoms with E-state index in [2.05, 4.69) is 26.2 Å². The van der Waals surface area contributed by atoms with Crippen LogP contribution in [0.5, 0.6) is 5.75 Å². The molecule has 8 nitrogen and oxygen atoms in total. The number of benzene rings is 1. The molecule has 23 heavy (non-hydrogen) atoms. The smallest absolute Gasteiger partial charge is 0.238 e. The summed E-state index contributed by atoms with van der Waals surface area (Å²) in [4.78, 5) is 11.9. The molecular formula is C14H19ClN6O2. The topological polar surface area (TPSA) is 94.0 Å². The van der Waals surface area contributed by atoms with Crippen molar-refractivity contribution in [3.05, 3.63) is 24.5 Å². The maximum Gasteiger partial charge on any atom is 0.238 e. The molecule has 124 valence electrons. The zero-order valence-electron chi connectivity index (χ0n) is 12.7. The van der Waals surface area contributed by atoms with E-state index in [0.29, 0.717) is 23.7 Å². The van der Waals surface area contributed by atoms with Gasteiger partial charge in [0.15, 0.2) is 0 Å². The summed E-state index contributed by atoms with van der Waals surface area (Å²) < 4.78 is 6.77. The molecule has 1 saturated carbocycles. The van der Waals surface area contributed by atoms with E-state index in [1.807, 2.05) is 0 Å². The van der Waals surface area contributed by atoms with Crippen molar-refractivity contribution in [3.8, 4) is 11.4 Å². The van der Waals surface area contributed by atoms with Gasteiger partial charge in [0, 0.05) is 5.69 Å². The molecule has 1 aliphatic rings. The van der Waals surface area contributed by atoms with Gasteiger partial charge in [0.25, 0.3) is 0 Å². The minimum absolute atomic E-state index is 0. The van der Waals surface area contributed by atoms with Crippen molar-refractivity contribution in [2.45, 2.75) is 12.8 Å². The van der Waals surface area contributed by atoms with E-state index >= 15 is 0 Å². The SMILES string of the molecule is COc1ccc(NC(=O)CNCC2CC2)cc1-n1cnnn1.Cl. The number of tetrazole rings is 1. The Labute approximate surface area is 140 Å². The molecule has 0 saturated heterocycles. The molecule has 2 N–H and O–H groups in total. The number of hydrogen-bond donors (Lipinski definition) is 2. The lowest BCUT2D eigenvalue weighted by atomic mass is 10.2. The van der Waals surface area contributed by atoms with E-state index in [4.69, 9.17) is 4.74 Å². The van der Waals surface area contributed by atoms with Crippen molar-refractivity contribution < 1.29 is 9.53 Å². The summed E-state index contributed by atoms with van der Waals surface area (Å²) in [5.74, 6) is 1.30. The van der Waals surface area contributed by atoms with Crippen LogP contribution in [-0.2, 0) is 4.79 Å². The van der Waals surface area contributed by atoms with Gasteiger partial charge in [0.1, 0.15) is 17.8 Å². The predicted molar refractivity (Wildman–Crippen MR) is 87.2 cm³/mol. The Morgan fingerprint density at radius 2 is 2.26 bits per heavy atom. The Morgan fingerprint density at radius 3 is 2.91 bits per heavy atom. The van der Waals surface area contributed by atoms with Crippen LogP contribution in [0.4, 0.5) is 5.69 Å². The first-order chi connectivity index (χ1) is 10.8. The Kier molecular flexibility index (Phi) is 5.89. The van der Waals surface area contributed by atoms with Crippen LogP contribution in [0, 0.1) is 5.92 Å². The number of nitrogens with zero attached hydrogens (tertiary/aromatic N) is 4. The van der Waals surface area contributed by atoms with Crippen LogP contribution in [0.15, 0.2) is 24.5 Å². The molecule has 1 heterocycles. The van der Waals surface area contributed by atoms with E-state index in [1.165, 1.54) is 23.9 Å². The quantitative estimate of drug-likeness (QED) is 0.783. The maximum absolute atomic E-state index is 11.9. The zero-order valence-corrected chi connectivity index (χ0v) is 13.5. The van der Waals surface area contributed by atoms with Gasteiger partial charge in [-0.2, -0.15) is 4.68 Å². The maximum atomic E-state index is 11.9. The molecule has 3 rings (SSSR count). The lowest BCUT2D eigenvalue weighted by molar-refractivity contribution is -0.115. The third kappa shape index (κ3) is 4.64. The number of anilines is 1. The molecule has 9 heteroatoms. The van der Waals surface area contributed by atoms with Gasteiger partial charge in [0.05, 0.1) is 13.7 Å². The monoisotopic (exact) mass is 338 g/mol. The molecule has 1 amide bonds. The molecule has 1 aromatic carbocycles. The molecule has 0 spiro atoms. The van der Waals surface area contributed by atoms with Gasteiger partial charge in [-0.15, -0.1) is 17.5 Å². The summed E-state index contributed by atoms with van der Waals surface area (Å²) in [7, 11) is 1.57. The van der Waals surface area contributed by atoms with Crippen molar-refractivity contribution in [2.24, 2.45) is 5.92 Å². The average Bonchev–Trinajstić information content (AvgIpc) is 3.18. The molecule has 2 aromatic rings. The van der Waals surface area contributed by atoms with E-state index in [-0.39, 0.29) is 18.3 Å². The lowest BCUT2D eigenvalue weighted by Gasteiger charge is -2.11. The summed E-state index contributed by atoms with van der Waals surface area (Å²) in [5, 5.41) is 17.1. The Morgan fingerprint density at radius 1 is 1.43 bits per heavy atom. The predicted octanol–water partition coefficient (Wildman–Crippen LogP) is 1.03. The molecule has 1 aromatic heterocycles. The second-order valence-electron chi connectivity index (χ2n) is 5.26. The van der Waals surface area contributed by atoms with Crippen LogP contribution in [-0.4, -0.2) is 46.3 Å². The summed E-state index contributed by atoms with van der Waals surface area (Å²) >= 11 is 0. The van der Waals surface area contributed by atoms with E-state index in [0.717, 1.165) is 12.5 Å². The lowest BCUT2D eigenvalue weighted by Crippen LogP contribution is -2.29. The van der Waals surface area contributed by atoms with Crippen molar-refractivity contribution in [3.63, 3.8) is 0 Å². The van der Waals surface area contributed by atoms with Gasteiger partial charge in [-0.1, -0.05) is 0 Å². The number of methoxy groups -OCH3 is 1. The highest BCUT2D eigenvalue weighted by molar-refractivity contribution is 5.92. The second-order valence-corrected chi connectivity index (χ2v) is 5.26. The van der Waals surface area contributed by atoms with Gasteiger partial charge in [0.2, 0.25) is 5.91 Å². The standard InChI is InChI=1S/C14H18N6O2.ClH/c1-22-13-5-4-11(6-12(13)20-9-16-18-19-20)17-14(21)8-15-7-10-2-3-10;/h4-6,9-10,15H,2-3,7-8H2,1H3,(H,17,21);1H. The number of halogens is 1. The van der Waals surface area contributed by atoms with Crippen molar-refractivity contribution in [2.75, 3.05) is 25.5 Å². The molecule has 1 aliphatic carbocycles. The highest BCUT2D eigenvalue weighted by Gasteiger charge is 2.20. The van der Waals surface area contributed by atoms with Gasteiger partial charge in [-0.05, 0) is 53.9 Å². The minimum Gasteiger partial charge on any atom is -0.494 e. The van der Waals surface area contributed by atoms with E-state index in [1.54, 1.807) is 25.3 Å². The molecule has 0 aliphatic heterocycles. The zero-order chi connectivity index (χ0) is 15.4. The average molecular weight is 339 g/mol. The third-order valence-electron chi connectivity index (χ3n) is 3.47. The number of nitrogens with one attached hydrogen (secondary N) is 2. The van der Waals surface area contributed by atoms with Crippen LogP contribution < -0.4 is 15.4 Å². The first-order valence-electron chi connectivity index (χ1n) is 7.18. The summed E-state index contributed by atoms with van der Waals surface area (Å²) in [6.45, 7) is 1.22. The number of carbonyl (C=O) groups is 1. The molecule has 0 atom stereocenters. The van der Waals surface area contributed by atoms with Crippen LogP contribution >= 0.6 is 12.4 Å². The second kappa shape index (κ2) is 7.89. The molecule has 0 unspecified atom stereocenters. The van der Waals surface area contributed by atoms with Gasteiger partial charge < -0.3 is 15.4 Å². The first-order valence-corrected chi connectivity index (χ1v) is 7.18. The number of hydrogen-bond acceptors (Lipinski definition) is 6. The van der Waals surface area contributed by atoms with Crippen LogP contribution in [0.25, 0.3) is 5.69 Å². The summed E-state index contributed by atoms with van der Waals surface area (Å²) in [6.07, 6.45) is 4.01. The van der Waals surface area contributed by atoms with E-state index < -0.39 is 0 Å². The van der Waals surface area contributed by atoms with Crippen molar-refractivity contribution in [1.82, 2.24) is 25.5 Å². The fraction of sp³-hybridized carbons (Fsp3) is 0.429. The largest absolute Gasteiger partial charge is 0.494 e. The van der Waals surface area contributed by atoms with Crippen molar-refractivity contribution >= 4 is 24.0 Å². The number of ether oxygens (including phenoxy) is 1. The fourth-order valence-electron chi connectivity index (χ4n) is 2.14. The van der Waals surface area contributed by atoms with Crippen LogP contribution in [0.2, 0.25) is 0 Å². The highest BCUT2D eigenvalue weighted by atomic mass is 35.5. The Bertz CT molecular complexity index is 645. The minimum atomic E-state index is -0.0755. The fourth-order valence-corrected chi connectivity index (χ4v) is 2.14. The van der Waals surface area contributed by atoms with Crippen LogP contribution in [0.1, 0.15) is 12.8 Å². The van der Waals surface area contributed by atoms with Gasteiger partial charge in [-0.25, -0.2) is 0 Å². The number of carbonyl (C=O) groups excluding carboxylic acids is 1.